The first-order valence-electron chi connectivity index (χ1n) is 19.0. The van der Waals surface area contributed by atoms with Gasteiger partial charge in [-0.25, -0.2) is 15.0 Å². The molecule has 0 unspecified atom stereocenters. The molecule has 0 N–H and O–H groups in total. The Morgan fingerprint density at radius 1 is 0.333 bits per heavy atom. The van der Waals surface area contributed by atoms with E-state index in [1.54, 1.807) is 0 Å². The summed E-state index contributed by atoms with van der Waals surface area (Å²) < 4.78 is 15.8. The summed E-state index contributed by atoms with van der Waals surface area (Å²) in [5, 5.41) is 6.58. The molecule has 12 rings (SSSR count). The van der Waals surface area contributed by atoms with Crippen LogP contribution in [0.4, 0.5) is 0 Å². The Hall–Kier alpha value is -7.83. The Kier molecular flexibility index (Phi) is 6.83. The van der Waals surface area contributed by atoms with Gasteiger partial charge in [0.1, 0.15) is 22.3 Å². The maximum absolute atomic E-state index is 6.82. The van der Waals surface area contributed by atoms with Crippen LogP contribution in [0.15, 0.2) is 191 Å². The molecule has 4 aromatic heterocycles. The van der Waals surface area contributed by atoms with E-state index in [1.807, 2.05) is 72.8 Å². The molecule has 6 heteroatoms. The van der Waals surface area contributed by atoms with Gasteiger partial charge in [-0.05, 0) is 42.5 Å². The minimum atomic E-state index is 0.599. The van der Waals surface area contributed by atoms with Crippen molar-refractivity contribution in [3.8, 4) is 51.0 Å². The zero-order valence-corrected chi connectivity index (χ0v) is 30.4. The summed E-state index contributed by atoms with van der Waals surface area (Å²) in [7, 11) is 0. The van der Waals surface area contributed by atoms with Gasteiger partial charge in [0.15, 0.2) is 17.5 Å². The van der Waals surface area contributed by atoms with Crippen molar-refractivity contribution in [2.75, 3.05) is 0 Å². The standard InChI is InChI=1S/C51H30N4O2/c1-3-13-31(14-4-1)49-52-50(32-15-5-2-6-16-32)54-51(53-49)33-25-28-45-42(29-33)41-22-12-21-40(48(41)56-45)39-20-11-19-38-37-27-26-34(30-46(37)57-47(38)39)55-43-23-9-7-17-35(43)36-18-8-10-24-44(36)55/h1-30H. The lowest BCUT2D eigenvalue weighted by Crippen LogP contribution is -2.00. The number of hydrogen-bond acceptors (Lipinski definition) is 5. The number of nitrogens with zero attached hydrogens (tertiary/aromatic N) is 4. The molecule has 0 aliphatic carbocycles. The van der Waals surface area contributed by atoms with Crippen LogP contribution in [0.1, 0.15) is 0 Å². The van der Waals surface area contributed by atoms with Crippen molar-refractivity contribution in [1.29, 1.82) is 0 Å². The molecule has 0 spiro atoms. The van der Waals surface area contributed by atoms with Crippen molar-refractivity contribution in [2.24, 2.45) is 0 Å². The molecule has 0 atom stereocenters. The zero-order chi connectivity index (χ0) is 37.5. The first-order valence-corrected chi connectivity index (χ1v) is 19.0. The number of hydrogen-bond donors (Lipinski definition) is 0. The molecule has 0 bridgehead atoms. The highest BCUT2D eigenvalue weighted by Crippen LogP contribution is 2.42. The summed E-state index contributed by atoms with van der Waals surface area (Å²) in [5.41, 5.74) is 11.3. The highest BCUT2D eigenvalue weighted by atomic mass is 16.3. The molecule has 4 heterocycles. The van der Waals surface area contributed by atoms with Crippen molar-refractivity contribution in [3.63, 3.8) is 0 Å². The van der Waals surface area contributed by atoms with Gasteiger partial charge in [0.2, 0.25) is 0 Å². The molecular weight excluding hydrogens is 701 g/mol. The van der Waals surface area contributed by atoms with Crippen LogP contribution in [0.5, 0.6) is 0 Å². The average Bonchev–Trinajstić information content (AvgIpc) is 3.96. The van der Waals surface area contributed by atoms with E-state index in [-0.39, 0.29) is 0 Å². The van der Waals surface area contributed by atoms with Gasteiger partial charge in [-0.3, -0.25) is 0 Å². The van der Waals surface area contributed by atoms with Crippen molar-refractivity contribution in [2.45, 2.75) is 0 Å². The van der Waals surface area contributed by atoms with E-state index in [0.29, 0.717) is 17.5 Å². The fourth-order valence-electron chi connectivity index (χ4n) is 8.43. The van der Waals surface area contributed by atoms with Gasteiger partial charge in [0.05, 0.1) is 11.0 Å². The van der Waals surface area contributed by atoms with Crippen molar-refractivity contribution in [1.82, 2.24) is 19.5 Å². The summed E-state index contributed by atoms with van der Waals surface area (Å²) in [4.78, 5) is 14.8. The molecule has 0 aliphatic heterocycles. The van der Waals surface area contributed by atoms with Crippen molar-refractivity contribution < 1.29 is 8.83 Å². The maximum atomic E-state index is 6.82. The van der Waals surface area contributed by atoms with Crippen LogP contribution in [-0.4, -0.2) is 19.5 Å². The second-order valence-electron chi connectivity index (χ2n) is 14.4. The summed E-state index contributed by atoms with van der Waals surface area (Å²) in [6.07, 6.45) is 0. The highest BCUT2D eigenvalue weighted by molar-refractivity contribution is 6.16. The lowest BCUT2D eigenvalue weighted by atomic mass is 9.99. The molecule has 0 saturated carbocycles. The van der Waals surface area contributed by atoms with E-state index in [0.717, 1.165) is 77.4 Å². The summed E-state index contributed by atoms with van der Waals surface area (Å²) in [6.45, 7) is 0. The SMILES string of the molecule is c1ccc(-c2nc(-c3ccccc3)nc(-c3ccc4oc5c(-c6cccc7c6oc6cc(-n8c9ccccc9c9ccccc98)ccc67)cccc5c4c3)n2)cc1. The fraction of sp³-hybridized carbons (Fsp3) is 0. The highest BCUT2D eigenvalue weighted by Gasteiger charge is 2.20. The fourth-order valence-corrected chi connectivity index (χ4v) is 8.43. The van der Waals surface area contributed by atoms with Gasteiger partial charge in [-0.15, -0.1) is 0 Å². The van der Waals surface area contributed by atoms with Crippen molar-refractivity contribution in [3.05, 3.63) is 182 Å². The van der Waals surface area contributed by atoms with Crippen LogP contribution in [0.3, 0.4) is 0 Å². The van der Waals surface area contributed by atoms with E-state index in [4.69, 9.17) is 23.8 Å². The van der Waals surface area contributed by atoms with Gasteiger partial charge in [0.25, 0.3) is 0 Å². The number of fused-ring (bicyclic) bond motifs is 9. The number of benzene rings is 8. The van der Waals surface area contributed by atoms with Gasteiger partial charge >= 0.3 is 0 Å². The molecule has 266 valence electrons. The second-order valence-corrected chi connectivity index (χ2v) is 14.4. The second kappa shape index (κ2) is 12.3. The molecule has 12 aromatic rings. The summed E-state index contributed by atoms with van der Waals surface area (Å²) >= 11 is 0. The Bertz CT molecular complexity index is 3410. The summed E-state index contributed by atoms with van der Waals surface area (Å²) in [6, 6.07) is 62.6. The van der Waals surface area contributed by atoms with Gasteiger partial charge < -0.3 is 13.4 Å². The van der Waals surface area contributed by atoms with Crippen molar-refractivity contribution >= 4 is 65.7 Å². The van der Waals surface area contributed by atoms with Crippen LogP contribution >= 0.6 is 0 Å². The average molecular weight is 731 g/mol. The Balaban J connectivity index is 0.997. The van der Waals surface area contributed by atoms with Crippen LogP contribution in [0.2, 0.25) is 0 Å². The molecule has 57 heavy (non-hydrogen) atoms. The van der Waals surface area contributed by atoms with Crippen LogP contribution in [-0.2, 0) is 0 Å². The number of furan rings is 2. The number of para-hydroxylation sites is 4. The largest absolute Gasteiger partial charge is 0.455 e. The van der Waals surface area contributed by atoms with E-state index in [9.17, 15) is 0 Å². The van der Waals surface area contributed by atoms with E-state index >= 15 is 0 Å². The predicted molar refractivity (Wildman–Crippen MR) is 230 cm³/mol. The van der Waals surface area contributed by atoms with E-state index in [1.165, 1.54) is 21.8 Å². The minimum absolute atomic E-state index is 0.599. The third-order valence-corrected chi connectivity index (χ3v) is 11.1. The monoisotopic (exact) mass is 730 g/mol. The predicted octanol–water partition coefficient (Wildman–Crippen LogP) is 13.4. The van der Waals surface area contributed by atoms with Gasteiger partial charge in [-0.2, -0.15) is 0 Å². The molecule has 0 amide bonds. The van der Waals surface area contributed by atoms with Crippen LogP contribution < -0.4 is 0 Å². The van der Waals surface area contributed by atoms with Crippen LogP contribution in [0.25, 0.3) is 117 Å². The first-order chi connectivity index (χ1) is 28.2. The summed E-state index contributed by atoms with van der Waals surface area (Å²) in [5.74, 6) is 1.85. The Labute approximate surface area is 325 Å². The Morgan fingerprint density at radius 2 is 0.842 bits per heavy atom. The normalized spacial score (nSPS) is 11.9. The third-order valence-electron chi connectivity index (χ3n) is 11.1. The molecule has 0 saturated heterocycles. The quantitative estimate of drug-likeness (QED) is 0.176. The molecular formula is C51H30N4O2. The van der Waals surface area contributed by atoms with E-state index in [2.05, 4.69) is 114 Å². The topological polar surface area (TPSA) is 69.9 Å². The molecule has 8 aromatic carbocycles. The molecule has 0 fully saturated rings. The first kappa shape index (κ1) is 31.5. The minimum Gasteiger partial charge on any atom is -0.455 e. The smallest absolute Gasteiger partial charge is 0.164 e. The van der Waals surface area contributed by atoms with Crippen LogP contribution in [0, 0.1) is 0 Å². The lowest BCUT2D eigenvalue weighted by molar-refractivity contribution is 0.665. The third kappa shape index (κ3) is 4.94. The molecule has 0 aliphatic rings. The van der Waals surface area contributed by atoms with E-state index < -0.39 is 0 Å². The molecule has 0 radical (unpaired) electrons. The lowest BCUT2D eigenvalue weighted by Gasteiger charge is -2.08. The zero-order valence-electron chi connectivity index (χ0n) is 30.4. The molecule has 6 nitrogen and oxygen atoms in total. The number of rotatable bonds is 5. The maximum Gasteiger partial charge on any atom is 0.164 e. The van der Waals surface area contributed by atoms with Gasteiger partial charge in [-0.1, -0.05) is 133 Å². The Morgan fingerprint density at radius 3 is 1.46 bits per heavy atom. The number of aromatic nitrogens is 4. The van der Waals surface area contributed by atoms with Gasteiger partial charge in [0, 0.05) is 71.9 Å².